The number of rotatable bonds is 27. The lowest BCUT2D eigenvalue weighted by Gasteiger charge is -2.21. The summed E-state index contributed by atoms with van der Waals surface area (Å²) in [6, 6.07) is 13.4. The molecule has 14 atom stereocenters. The SMILES string of the molecule is CCc1cc(OCc2c(-c3ccc(OC4CC5C(Cn6nnc(-c7ccc(OC8CC9CCC(C(=O)O)C9C8)c(C)n7)c6COc6nccc(C(F)(F)F)n6)CC(C(=O)O)C5C4)c(C)n3)nnn2CC2CC(C(=O)O)C3CC(Oc4ccc(-c5nnn(C)c5COc5nccc(C(F)F)n5)nc4C)CC23)ncn1. The molecular formula is C73H77F5N18O12. The number of nitrogens with zero attached hydrogens (tertiary/aromatic N) is 18. The number of alkyl halides is 5. The Kier molecular flexibility index (Phi) is 20.1. The predicted molar refractivity (Wildman–Crippen MR) is 364 cm³/mol. The highest BCUT2D eigenvalue weighted by Crippen LogP contribution is 2.55. The van der Waals surface area contributed by atoms with Crippen LogP contribution in [0.3, 0.4) is 0 Å². The minimum Gasteiger partial charge on any atom is -0.489 e. The number of hydrogen-bond donors (Lipinski definition) is 3. The topological polar surface area (TPSA) is 375 Å². The molecular weight excluding hydrogens is 1420 g/mol. The van der Waals surface area contributed by atoms with Crippen LogP contribution in [-0.4, -0.2) is 141 Å². The minimum absolute atomic E-state index is 0.0397. The molecule has 0 aromatic carbocycles. The van der Waals surface area contributed by atoms with Crippen LogP contribution in [0.2, 0.25) is 0 Å². The number of carboxylic acid groups (broad SMARTS) is 3. The van der Waals surface area contributed by atoms with E-state index in [1.54, 1.807) is 79.6 Å². The van der Waals surface area contributed by atoms with E-state index in [1.165, 1.54) is 17.2 Å². The van der Waals surface area contributed by atoms with Crippen molar-refractivity contribution >= 4 is 17.9 Å². The van der Waals surface area contributed by atoms with Gasteiger partial charge in [-0.15, -0.1) is 15.3 Å². The maximum atomic E-state index is 13.8. The lowest BCUT2D eigenvalue weighted by molar-refractivity contribution is -0.144. The zero-order chi connectivity index (χ0) is 75.4. The third kappa shape index (κ3) is 14.9. The second-order valence-corrected chi connectivity index (χ2v) is 29.0. The molecule has 0 radical (unpaired) electrons. The fourth-order valence-corrected chi connectivity index (χ4v) is 17.5. The van der Waals surface area contributed by atoms with E-state index in [4.69, 9.17) is 53.7 Å². The van der Waals surface area contributed by atoms with Crippen molar-refractivity contribution < 1.29 is 80.1 Å². The first-order valence-corrected chi connectivity index (χ1v) is 36.0. The summed E-state index contributed by atoms with van der Waals surface area (Å²) < 4.78 is 111. The molecule has 9 aromatic heterocycles. The lowest BCUT2D eigenvalue weighted by Crippen LogP contribution is -2.22. The molecule has 108 heavy (non-hydrogen) atoms. The van der Waals surface area contributed by atoms with Crippen LogP contribution in [0.5, 0.6) is 35.1 Å². The van der Waals surface area contributed by atoms with Crippen molar-refractivity contribution in [1.29, 1.82) is 0 Å². The van der Waals surface area contributed by atoms with Gasteiger partial charge < -0.3 is 43.7 Å². The van der Waals surface area contributed by atoms with E-state index in [1.807, 2.05) is 6.92 Å². The normalized spacial score (nSPS) is 24.9. The molecule has 566 valence electrons. The maximum absolute atomic E-state index is 13.8. The molecule has 9 heterocycles. The molecule has 6 fully saturated rings. The molecule has 3 N–H and O–H groups in total. The predicted octanol–water partition coefficient (Wildman–Crippen LogP) is 10.4. The second kappa shape index (κ2) is 30.0. The number of hydrogen-bond acceptors (Lipinski definition) is 24. The van der Waals surface area contributed by atoms with E-state index in [0.29, 0.717) is 150 Å². The highest BCUT2D eigenvalue weighted by molar-refractivity contribution is 5.72. The van der Waals surface area contributed by atoms with Crippen LogP contribution < -0.4 is 28.4 Å². The summed E-state index contributed by atoms with van der Waals surface area (Å²) in [5.41, 5.74) is 4.39. The van der Waals surface area contributed by atoms with Crippen molar-refractivity contribution in [3.8, 4) is 69.3 Å². The van der Waals surface area contributed by atoms with E-state index in [9.17, 15) is 51.7 Å². The molecule has 0 bridgehead atoms. The van der Waals surface area contributed by atoms with Crippen molar-refractivity contribution in [2.45, 2.75) is 162 Å². The number of fused-ring (bicyclic) bond motifs is 3. The van der Waals surface area contributed by atoms with E-state index in [2.05, 4.69) is 50.5 Å². The minimum atomic E-state index is -4.77. The van der Waals surface area contributed by atoms with Crippen LogP contribution in [0, 0.1) is 85.9 Å². The summed E-state index contributed by atoms with van der Waals surface area (Å²) in [7, 11) is 1.66. The Morgan fingerprint density at radius 2 is 1.00 bits per heavy atom. The number of carboxylic acids is 3. The fraction of sp³-hybridized carbons (Fsp3) is 0.507. The number of pyridine rings is 3. The van der Waals surface area contributed by atoms with Crippen LogP contribution in [0.4, 0.5) is 22.0 Å². The zero-order valence-electron chi connectivity index (χ0n) is 59.4. The Labute approximate surface area is 613 Å². The quantitative estimate of drug-likeness (QED) is 0.0403. The van der Waals surface area contributed by atoms with E-state index < -0.39 is 71.8 Å². The Bertz CT molecular complexity index is 4850. The van der Waals surface area contributed by atoms with Crippen molar-refractivity contribution in [3.05, 3.63) is 125 Å². The van der Waals surface area contributed by atoms with Gasteiger partial charge in [0.25, 0.3) is 6.43 Å². The molecule has 0 saturated heterocycles. The summed E-state index contributed by atoms with van der Waals surface area (Å²) in [4.78, 5) is 76.9. The fourth-order valence-electron chi connectivity index (χ4n) is 17.5. The van der Waals surface area contributed by atoms with Crippen LogP contribution >= 0.6 is 0 Å². The maximum Gasteiger partial charge on any atom is 0.433 e. The van der Waals surface area contributed by atoms with Gasteiger partial charge in [0.2, 0.25) is 5.88 Å². The molecule has 35 heteroatoms. The number of aromatic nitrogens is 18. The average Bonchev–Trinajstić information content (AvgIpc) is 1.61. The number of aliphatic carboxylic acids is 3. The molecule has 14 unspecified atom stereocenters. The third-order valence-corrected chi connectivity index (χ3v) is 22.7. The van der Waals surface area contributed by atoms with Crippen molar-refractivity contribution in [1.82, 2.24) is 89.8 Å². The van der Waals surface area contributed by atoms with Crippen LogP contribution in [0.15, 0.2) is 73.3 Å². The van der Waals surface area contributed by atoms with Gasteiger partial charge in [0, 0.05) is 44.3 Å². The Hall–Kier alpha value is -11.0. The van der Waals surface area contributed by atoms with Crippen LogP contribution in [-0.2, 0) is 66.9 Å². The highest BCUT2D eigenvalue weighted by atomic mass is 19.4. The molecule has 0 spiro atoms. The highest BCUT2D eigenvalue weighted by Gasteiger charge is 2.54. The van der Waals surface area contributed by atoms with E-state index in [-0.39, 0.29) is 97.6 Å². The number of carbonyl (C=O) groups is 3. The third-order valence-electron chi connectivity index (χ3n) is 22.7. The van der Waals surface area contributed by atoms with Crippen molar-refractivity contribution in [3.63, 3.8) is 0 Å². The smallest absolute Gasteiger partial charge is 0.433 e. The second-order valence-electron chi connectivity index (χ2n) is 29.0. The summed E-state index contributed by atoms with van der Waals surface area (Å²) in [6.07, 6.45) is 1.10. The Morgan fingerprint density at radius 1 is 0.528 bits per heavy atom. The van der Waals surface area contributed by atoms with Crippen LogP contribution in [0.1, 0.15) is 129 Å². The molecule has 6 aliphatic rings. The number of ether oxygens (including phenoxy) is 6. The van der Waals surface area contributed by atoms with Crippen molar-refractivity contribution in [2.75, 3.05) is 0 Å². The molecule has 6 saturated carbocycles. The molecule has 0 aliphatic heterocycles. The Balaban J connectivity index is 0.639. The summed E-state index contributed by atoms with van der Waals surface area (Å²) in [5, 5.41) is 58.2. The molecule has 0 amide bonds. The standard InChI is InChI=1S/C73H77F5N18O12/c1-6-40-22-63(82-33-81-40)103-31-57-65(89-92-95(57)28-38-20-50(69(99)100)48-26-42(24-46(38)48)107-60-12-9-52(83-35(60)3)64-56(94(5)91-88-64)30-104-71-79-17-15-55(86-71)67(74)75)53-11-14-61(36(4)85-53)108-43-25-47-39(21-51(70(101)102)49(47)27-43)29-96-58(32-105-72-80-18-16-62(87-72)73(76,77)78)66(90-93-96)54-10-13-59(34(2)84-54)106-41-19-37-7-8-44(68(97)98)45(37)23-41/h9-18,22,33,37-39,41-51,67H,6-8,19-21,23-32H2,1-5H3,(H,97,98)(H,99,100)(H,101,102). The van der Waals surface area contributed by atoms with Gasteiger partial charge in [-0.3, -0.25) is 14.4 Å². The average molecular weight is 1490 g/mol. The number of halogens is 5. The largest absolute Gasteiger partial charge is 0.489 e. The van der Waals surface area contributed by atoms with Gasteiger partial charge in [0.05, 0.1) is 70.2 Å². The summed E-state index contributed by atoms with van der Waals surface area (Å²) in [5.74, 6) is -3.54. The van der Waals surface area contributed by atoms with Gasteiger partial charge in [-0.05, 0) is 187 Å². The first-order valence-electron chi connectivity index (χ1n) is 36.0. The monoisotopic (exact) mass is 1490 g/mol. The van der Waals surface area contributed by atoms with Gasteiger partial charge in [0.1, 0.15) is 83.3 Å². The van der Waals surface area contributed by atoms with Crippen molar-refractivity contribution in [2.24, 2.45) is 72.1 Å². The van der Waals surface area contributed by atoms with Gasteiger partial charge in [0.15, 0.2) is 5.69 Å². The van der Waals surface area contributed by atoms with Gasteiger partial charge >= 0.3 is 36.1 Å². The summed E-state index contributed by atoms with van der Waals surface area (Å²) in [6.45, 7) is 7.23. The molecule has 30 nitrogen and oxygen atoms in total. The van der Waals surface area contributed by atoms with Crippen LogP contribution in [0.25, 0.3) is 34.2 Å². The first-order chi connectivity index (χ1) is 52.0. The van der Waals surface area contributed by atoms with E-state index >= 15 is 0 Å². The zero-order valence-corrected chi connectivity index (χ0v) is 59.4. The molecule has 15 rings (SSSR count). The summed E-state index contributed by atoms with van der Waals surface area (Å²) >= 11 is 0. The Morgan fingerprint density at radius 3 is 1.51 bits per heavy atom. The number of aryl methyl sites for hydroxylation is 5. The molecule has 6 aliphatic carbocycles. The van der Waals surface area contributed by atoms with Gasteiger partial charge in [-0.2, -0.15) is 23.1 Å². The lowest BCUT2D eigenvalue weighted by atomic mass is 9.90. The first kappa shape index (κ1) is 72.5. The van der Waals surface area contributed by atoms with Gasteiger partial charge in [-0.1, -0.05) is 22.6 Å². The van der Waals surface area contributed by atoms with E-state index in [0.717, 1.165) is 36.9 Å². The van der Waals surface area contributed by atoms with Gasteiger partial charge in [-0.25, -0.2) is 57.7 Å². The molecule has 9 aromatic rings.